The predicted octanol–water partition coefficient (Wildman–Crippen LogP) is 3.92. The molecule has 6 nitrogen and oxygen atoms in total. The van der Waals surface area contributed by atoms with Crippen LogP contribution >= 0.6 is 12.4 Å². The van der Waals surface area contributed by atoms with Crippen molar-refractivity contribution in [1.29, 1.82) is 0 Å². The highest BCUT2D eigenvalue weighted by Gasteiger charge is 2.28. The van der Waals surface area contributed by atoms with Crippen molar-refractivity contribution in [2.45, 2.75) is 38.1 Å². The second-order valence-corrected chi connectivity index (χ2v) is 6.32. The van der Waals surface area contributed by atoms with Crippen molar-refractivity contribution in [1.82, 2.24) is 19.7 Å². The number of nitrogens with zero attached hydrogens (tertiary/aromatic N) is 4. The van der Waals surface area contributed by atoms with E-state index < -0.39 is 0 Å². The van der Waals surface area contributed by atoms with Gasteiger partial charge in [0.15, 0.2) is 5.76 Å². The number of hydrogen-bond donors (Lipinski definition) is 1. The van der Waals surface area contributed by atoms with Crippen LogP contribution in [0.15, 0.2) is 47.3 Å². The van der Waals surface area contributed by atoms with E-state index in [1.54, 1.807) is 18.7 Å². The van der Waals surface area contributed by atoms with E-state index in [0.29, 0.717) is 17.5 Å². The molecule has 0 saturated heterocycles. The molecule has 1 saturated carbocycles. The lowest BCUT2D eigenvalue weighted by Gasteiger charge is -2.26. The van der Waals surface area contributed by atoms with Gasteiger partial charge in [0.1, 0.15) is 5.82 Å². The number of aromatic nitrogens is 4. The number of halogens is 1. The van der Waals surface area contributed by atoms with Gasteiger partial charge in [-0.1, -0.05) is 19.3 Å². The lowest BCUT2D eigenvalue weighted by Crippen LogP contribution is -2.26. The summed E-state index contributed by atoms with van der Waals surface area (Å²) in [7, 11) is 0. The van der Waals surface area contributed by atoms with Crippen molar-refractivity contribution >= 4 is 12.4 Å². The van der Waals surface area contributed by atoms with Crippen LogP contribution in [0, 0.1) is 5.92 Å². The van der Waals surface area contributed by atoms with E-state index in [4.69, 9.17) is 15.1 Å². The summed E-state index contributed by atoms with van der Waals surface area (Å²) in [4.78, 5) is 8.90. The van der Waals surface area contributed by atoms with Gasteiger partial charge in [0.25, 0.3) is 0 Å². The summed E-state index contributed by atoms with van der Waals surface area (Å²) in [6, 6.07) is 7.41. The van der Waals surface area contributed by atoms with E-state index in [2.05, 4.69) is 10.1 Å². The summed E-state index contributed by atoms with van der Waals surface area (Å²) in [6.07, 6.45) is 11.2. The summed E-state index contributed by atoms with van der Waals surface area (Å²) in [6.45, 7) is 0. The zero-order valence-corrected chi connectivity index (χ0v) is 14.7. The molecule has 25 heavy (non-hydrogen) atoms. The molecule has 7 heteroatoms. The van der Waals surface area contributed by atoms with Crippen LogP contribution in [0.1, 0.15) is 44.0 Å². The van der Waals surface area contributed by atoms with E-state index in [9.17, 15) is 0 Å². The lowest BCUT2D eigenvalue weighted by molar-refractivity contribution is 0.298. The van der Waals surface area contributed by atoms with Crippen molar-refractivity contribution in [2.24, 2.45) is 11.7 Å². The largest absolute Gasteiger partial charge is 0.461 e. The highest BCUT2D eigenvalue weighted by atomic mass is 35.5. The first-order valence-corrected chi connectivity index (χ1v) is 8.50. The molecule has 2 N–H and O–H groups in total. The van der Waals surface area contributed by atoms with Gasteiger partial charge in [-0.25, -0.2) is 9.67 Å². The van der Waals surface area contributed by atoms with E-state index in [-0.39, 0.29) is 18.4 Å². The molecule has 1 atom stereocenters. The molecule has 3 aromatic rings. The SMILES string of the molecule is Cl.N[C@H](c1nc(-c2ccco2)nn1-c1cccnc1)C1CCCCC1. The Morgan fingerprint density at radius 1 is 1.16 bits per heavy atom. The first kappa shape index (κ1) is 17.6. The summed E-state index contributed by atoms with van der Waals surface area (Å²) >= 11 is 0. The van der Waals surface area contributed by atoms with Crippen LogP contribution in [-0.2, 0) is 0 Å². The quantitative estimate of drug-likeness (QED) is 0.763. The maximum Gasteiger partial charge on any atom is 0.217 e. The van der Waals surface area contributed by atoms with Crippen molar-refractivity contribution in [2.75, 3.05) is 0 Å². The lowest BCUT2D eigenvalue weighted by atomic mass is 9.84. The molecule has 0 unspecified atom stereocenters. The molecule has 0 radical (unpaired) electrons. The van der Waals surface area contributed by atoms with Crippen LogP contribution in [0.5, 0.6) is 0 Å². The molecule has 4 rings (SSSR count). The molecule has 0 aliphatic heterocycles. The van der Waals surface area contributed by atoms with Gasteiger partial charge in [-0.15, -0.1) is 17.5 Å². The Labute approximate surface area is 152 Å². The minimum absolute atomic E-state index is 0. The molecule has 1 aliphatic carbocycles. The highest BCUT2D eigenvalue weighted by Crippen LogP contribution is 2.33. The second kappa shape index (κ2) is 7.80. The van der Waals surface area contributed by atoms with Crippen molar-refractivity contribution in [3.63, 3.8) is 0 Å². The third-order valence-electron chi connectivity index (χ3n) is 4.72. The molecule has 0 amide bonds. The van der Waals surface area contributed by atoms with E-state index >= 15 is 0 Å². The fourth-order valence-electron chi connectivity index (χ4n) is 3.42. The van der Waals surface area contributed by atoms with Crippen LogP contribution in [-0.4, -0.2) is 19.7 Å². The Morgan fingerprint density at radius 2 is 2.00 bits per heavy atom. The van der Waals surface area contributed by atoms with E-state index in [0.717, 1.165) is 24.4 Å². The monoisotopic (exact) mass is 359 g/mol. The molecule has 3 heterocycles. The van der Waals surface area contributed by atoms with E-state index in [1.165, 1.54) is 19.3 Å². The van der Waals surface area contributed by atoms with Gasteiger partial charge in [0, 0.05) is 6.20 Å². The topological polar surface area (TPSA) is 82.8 Å². The molecular weight excluding hydrogens is 338 g/mol. The zero-order chi connectivity index (χ0) is 16.4. The molecule has 1 fully saturated rings. The number of furan rings is 1. The Bertz CT molecular complexity index is 781. The van der Waals surface area contributed by atoms with Crippen LogP contribution in [0.2, 0.25) is 0 Å². The fourth-order valence-corrected chi connectivity index (χ4v) is 3.42. The van der Waals surface area contributed by atoms with Gasteiger partial charge in [-0.3, -0.25) is 4.98 Å². The summed E-state index contributed by atoms with van der Waals surface area (Å²) in [5.74, 6) is 2.43. The Kier molecular flexibility index (Phi) is 5.50. The number of pyridine rings is 1. The normalized spacial score (nSPS) is 16.4. The molecular formula is C18H22ClN5O. The van der Waals surface area contributed by atoms with Crippen LogP contribution < -0.4 is 5.73 Å². The first-order chi connectivity index (χ1) is 11.8. The molecule has 0 aromatic carbocycles. The highest BCUT2D eigenvalue weighted by molar-refractivity contribution is 5.85. The Hall–Kier alpha value is -2.18. The smallest absolute Gasteiger partial charge is 0.217 e. The van der Waals surface area contributed by atoms with Crippen molar-refractivity contribution in [3.8, 4) is 17.3 Å². The van der Waals surface area contributed by atoms with Crippen LogP contribution in [0.4, 0.5) is 0 Å². The minimum Gasteiger partial charge on any atom is -0.461 e. The zero-order valence-electron chi connectivity index (χ0n) is 13.9. The van der Waals surface area contributed by atoms with Gasteiger partial charge in [-0.05, 0) is 43.0 Å². The van der Waals surface area contributed by atoms with Gasteiger partial charge in [0.2, 0.25) is 5.82 Å². The van der Waals surface area contributed by atoms with Crippen LogP contribution in [0.25, 0.3) is 17.3 Å². The standard InChI is InChI=1S/C18H21N5O.ClH/c19-16(13-6-2-1-3-7-13)18-21-17(15-9-5-11-24-15)22-23(18)14-8-4-10-20-12-14;/h4-5,8-13,16H,1-3,6-7,19H2;1H/t16-;/m0./s1. The second-order valence-electron chi connectivity index (χ2n) is 6.32. The number of rotatable bonds is 4. The maximum atomic E-state index is 6.60. The van der Waals surface area contributed by atoms with Gasteiger partial charge >= 0.3 is 0 Å². The fraction of sp³-hybridized carbons (Fsp3) is 0.389. The third-order valence-corrected chi connectivity index (χ3v) is 4.72. The molecule has 0 bridgehead atoms. The first-order valence-electron chi connectivity index (χ1n) is 8.50. The predicted molar refractivity (Wildman–Crippen MR) is 97.6 cm³/mol. The molecule has 0 spiro atoms. The molecule has 3 aromatic heterocycles. The Balaban J connectivity index is 0.00000182. The number of nitrogens with two attached hydrogens (primary N) is 1. The Morgan fingerprint density at radius 3 is 2.68 bits per heavy atom. The summed E-state index contributed by atoms with van der Waals surface area (Å²) < 4.78 is 7.26. The van der Waals surface area contributed by atoms with Gasteiger partial charge < -0.3 is 10.2 Å². The molecule has 132 valence electrons. The van der Waals surface area contributed by atoms with Crippen LogP contribution in [0.3, 0.4) is 0 Å². The maximum absolute atomic E-state index is 6.60. The molecule has 1 aliphatic rings. The number of hydrogen-bond acceptors (Lipinski definition) is 5. The van der Waals surface area contributed by atoms with Crippen molar-refractivity contribution in [3.05, 3.63) is 48.7 Å². The minimum atomic E-state index is -0.137. The van der Waals surface area contributed by atoms with E-state index in [1.807, 2.05) is 28.9 Å². The van der Waals surface area contributed by atoms with Crippen molar-refractivity contribution < 1.29 is 4.42 Å². The summed E-state index contributed by atoms with van der Waals surface area (Å²) in [5.41, 5.74) is 7.47. The third kappa shape index (κ3) is 3.60. The summed E-state index contributed by atoms with van der Waals surface area (Å²) in [5, 5.41) is 4.63. The average Bonchev–Trinajstić information content (AvgIpc) is 3.32. The van der Waals surface area contributed by atoms with Gasteiger partial charge in [0.05, 0.1) is 24.2 Å². The van der Waals surface area contributed by atoms with Gasteiger partial charge in [-0.2, -0.15) is 0 Å². The average molecular weight is 360 g/mol.